The lowest BCUT2D eigenvalue weighted by Gasteiger charge is -2.25. The lowest BCUT2D eigenvalue weighted by Crippen LogP contribution is -2.39. The van der Waals surface area contributed by atoms with Crippen LogP contribution in [0.25, 0.3) is 0 Å². The molecule has 1 aromatic carbocycles. The van der Waals surface area contributed by atoms with Crippen LogP contribution in [-0.4, -0.2) is 25.7 Å². The molecule has 2 rings (SSSR count). The fourth-order valence-corrected chi connectivity index (χ4v) is 1.42. The Morgan fingerprint density at radius 3 is 3.20 bits per heavy atom. The Morgan fingerprint density at radius 2 is 2.47 bits per heavy atom. The van der Waals surface area contributed by atoms with E-state index in [1.807, 2.05) is 0 Å². The number of carbonyl (C=O) groups is 1. The van der Waals surface area contributed by atoms with Gasteiger partial charge in [-0.15, -0.1) is 0 Å². The summed E-state index contributed by atoms with van der Waals surface area (Å²) < 4.78 is 23.1. The Bertz CT molecular complexity index is 394. The summed E-state index contributed by atoms with van der Waals surface area (Å²) in [5.74, 6) is -0.500. The number of fused-ring (bicyclic) bond motifs is 1. The molecular formula is C10H10FNO3. The Morgan fingerprint density at radius 1 is 1.67 bits per heavy atom. The molecular weight excluding hydrogens is 201 g/mol. The van der Waals surface area contributed by atoms with Crippen LogP contribution >= 0.6 is 0 Å². The number of esters is 1. The number of anilines is 1. The van der Waals surface area contributed by atoms with Crippen molar-refractivity contribution in [1.82, 2.24) is 0 Å². The second kappa shape index (κ2) is 3.76. The van der Waals surface area contributed by atoms with Crippen molar-refractivity contribution in [3.63, 3.8) is 0 Å². The number of nitrogens with one attached hydrogen (secondary N) is 1. The molecule has 1 atom stereocenters. The number of halogens is 1. The molecule has 1 aromatic rings. The molecule has 0 aliphatic carbocycles. The SMILES string of the molecule is COC(=O)C1COc2cccc(F)c2N1. The van der Waals surface area contributed by atoms with E-state index in [9.17, 15) is 9.18 Å². The first-order chi connectivity index (χ1) is 7.22. The summed E-state index contributed by atoms with van der Waals surface area (Å²) in [6, 6.07) is 3.83. The van der Waals surface area contributed by atoms with Crippen molar-refractivity contribution in [2.45, 2.75) is 6.04 Å². The normalized spacial score (nSPS) is 18.4. The number of benzene rings is 1. The quantitative estimate of drug-likeness (QED) is 0.708. The van der Waals surface area contributed by atoms with Crippen LogP contribution in [0, 0.1) is 5.82 Å². The van der Waals surface area contributed by atoms with Crippen LogP contribution in [0.15, 0.2) is 18.2 Å². The molecule has 0 spiro atoms. The van der Waals surface area contributed by atoms with Crippen molar-refractivity contribution in [3.05, 3.63) is 24.0 Å². The molecule has 1 aliphatic rings. The second-order valence-corrected chi connectivity index (χ2v) is 3.14. The van der Waals surface area contributed by atoms with Crippen LogP contribution in [0.2, 0.25) is 0 Å². The summed E-state index contributed by atoms with van der Waals surface area (Å²) >= 11 is 0. The van der Waals surface area contributed by atoms with Crippen LogP contribution in [0.3, 0.4) is 0 Å². The Labute approximate surface area is 86.0 Å². The van der Waals surface area contributed by atoms with E-state index < -0.39 is 17.8 Å². The second-order valence-electron chi connectivity index (χ2n) is 3.14. The summed E-state index contributed by atoms with van der Waals surface area (Å²) in [6.07, 6.45) is 0. The number of ether oxygens (including phenoxy) is 2. The van der Waals surface area contributed by atoms with Gasteiger partial charge in [0.15, 0.2) is 6.04 Å². The largest absolute Gasteiger partial charge is 0.489 e. The first-order valence-electron chi connectivity index (χ1n) is 4.48. The fraction of sp³-hybridized carbons (Fsp3) is 0.300. The van der Waals surface area contributed by atoms with Crippen molar-refractivity contribution >= 4 is 11.7 Å². The third-order valence-electron chi connectivity index (χ3n) is 2.19. The molecule has 0 radical (unpaired) electrons. The van der Waals surface area contributed by atoms with Gasteiger partial charge < -0.3 is 14.8 Å². The topological polar surface area (TPSA) is 47.6 Å². The predicted octanol–water partition coefficient (Wildman–Crippen LogP) is 1.17. The van der Waals surface area contributed by atoms with Crippen molar-refractivity contribution in [3.8, 4) is 5.75 Å². The molecule has 0 amide bonds. The molecule has 1 heterocycles. The Hall–Kier alpha value is -1.78. The molecule has 1 unspecified atom stereocenters. The highest BCUT2D eigenvalue weighted by Crippen LogP contribution is 2.31. The van der Waals surface area contributed by atoms with Gasteiger partial charge in [0.05, 0.1) is 7.11 Å². The van der Waals surface area contributed by atoms with E-state index in [2.05, 4.69) is 10.1 Å². The first kappa shape index (κ1) is 9.76. The minimum absolute atomic E-state index is 0.142. The number of carbonyl (C=O) groups excluding carboxylic acids is 1. The number of para-hydroxylation sites is 1. The molecule has 0 saturated carbocycles. The fourth-order valence-electron chi connectivity index (χ4n) is 1.42. The minimum Gasteiger partial charge on any atom is -0.489 e. The molecule has 1 N–H and O–H groups in total. The molecule has 0 aromatic heterocycles. The van der Waals surface area contributed by atoms with Gasteiger partial charge in [0.2, 0.25) is 0 Å². The Kier molecular flexibility index (Phi) is 2.45. The van der Waals surface area contributed by atoms with E-state index in [0.29, 0.717) is 5.75 Å². The standard InChI is InChI=1S/C10H10FNO3/c1-14-10(13)7-5-15-8-4-2-3-6(11)9(8)12-7/h2-4,7,12H,5H2,1H3. The van der Waals surface area contributed by atoms with Crippen molar-refractivity contribution < 1.29 is 18.7 Å². The molecule has 0 saturated heterocycles. The van der Waals surface area contributed by atoms with E-state index in [-0.39, 0.29) is 12.3 Å². The lowest BCUT2D eigenvalue weighted by atomic mass is 10.2. The van der Waals surface area contributed by atoms with Gasteiger partial charge in [0, 0.05) is 0 Å². The highest BCUT2D eigenvalue weighted by molar-refractivity contribution is 5.81. The zero-order valence-corrected chi connectivity index (χ0v) is 8.12. The summed E-state index contributed by atoms with van der Waals surface area (Å²) in [7, 11) is 1.28. The average Bonchev–Trinajstić information content (AvgIpc) is 2.28. The zero-order valence-electron chi connectivity index (χ0n) is 8.12. The predicted molar refractivity (Wildman–Crippen MR) is 51.3 cm³/mol. The van der Waals surface area contributed by atoms with Crippen molar-refractivity contribution in [2.75, 3.05) is 19.0 Å². The third-order valence-corrected chi connectivity index (χ3v) is 2.19. The molecule has 15 heavy (non-hydrogen) atoms. The molecule has 0 bridgehead atoms. The van der Waals surface area contributed by atoms with Crippen LogP contribution in [0.1, 0.15) is 0 Å². The van der Waals surface area contributed by atoms with E-state index in [1.165, 1.54) is 13.2 Å². The zero-order chi connectivity index (χ0) is 10.8. The third kappa shape index (κ3) is 1.72. The number of hydrogen-bond donors (Lipinski definition) is 1. The first-order valence-corrected chi connectivity index (χ1v) is 4.48. The summed E-state index contributed by atoms with van der Waals surface area (Å²) in [5.41, 5.74) is 0.208. The van der Waals surface area contributed by atoms with Gasteiger partial charge in [-0.2, -0.15) is 0 Å². The number of methoxy groups -OCH3 is 1. The summed E-state index contributed by atoms with van der Waals surface area (Å²) in [5, 5.41) is 2.74. The highest BCUT2D eigenvalue weighted by atomic mass is 19.1. The van der Waals surface area contributed by atoms with Crippen molar-refractivity contribution in [2.24, 2.45) is 0 Å². The maximum atomic E-state index is 13.3. The molecule has 80 valence electrons. The van der Waals surface area contributed by atoms with Gasteiger partial charge in [-0.1, -0.05) is 6.07 Å². The summed E-state index contributed by atoms with van der Waals surface area (Å²) in [4.78, 5) is 11.2. The van der Waals surface area contributed by atoms with Gasteiger partial charge >= 0.3 is 5.97 Å². The lowest BCUT2D eigenvalue weighted by molar-refractivity contribution is -0.142. The van der Waals surface area contributed by atoms with Crippen LogP contribution in [-0.2, 0) is 9.53 Å². The summed E-state index contributed by atoms with van der Waals surface area (Å²) in [6.45, 7) is 0.142. The van der Waals surface area contributed by atoms with E-state index in [0.717, 1.165) is 0 Å². The minimum atomic E-state index is -0.653. The monoisotopic (exact) mass is 211 g/mol. The average molecular weight is 211 g/mol. The molecule has 0 fully saturated rings. The smallest absolute Gasteiger partial charge is 0.331 e. The molecule has 1 aliphatic heterocycles. The van der Waals surface area contributed by atoms with E-state index in [1.54, 1.807) is 12.1 Å². The Balaban J connectivity index is 2.26. The van der Waals surface area contributed by atoms with Gasteiger partial charge in [-0.05, 0) is 12.1 Å². The van der Waals surface area contributed by atoms with Gasteiger partial charge in [0.1, 0.15) is 23.9 Å². The van der Waals surface area contributed by atoms with Crippen molar-refractivity contribution in [1.29, 1.82) is 0 Å². The van der Waals surface area contributed by atoms with E-state index in [4.69, 9.17) is 4.74 Å². The van der Waals surface area contributed by atoms with Gasteiger partial charge in [0.25, 0.3) is 0 Å². The number of hydrogen-bond acceptors (Lipinski definition) is 4. The van der Waals surface area contributed by atoms with Crippen LogP contribution in [0.4, 0.5) is 10.1 Å². The molecule has 4 nitrogen and oxygen atoms in total. The highest BCUT2D eigenvalue weighted by Gasteiger charge is 2.27. The van der Waals surface area contributed by atoms with Gasteiger partial charge in [-0.25, -0.2) is 9.18 Å². The van der Waals surface area contributed by atoms with E-state index >= 15 is 0 Å². The van der Waals surface area contributed by atoms with Crippen LogP contribution in [0.5, 0.6) is 5.75 Å². The van der Waals surface area contributed by atoms with Crippen LogP contribution < -0.4 is 10.1 Å². The number of rotatable bonds is 1. The maximum Gasteiger partial charge on any atom is 0.331 e. The molecule has 5 heteroatoms. The maximum absolute atomic E-state index is 13.3. The van der Waals surface area contributed by atoms with Gasteiger partial charge in [-0.3, -0.25) is 0 Å².